The maximum Gasteiger partial charge on any atom is 0.407 e. The summed E-state index contributed by atoms with van der Waals surface area (Å²) in [4.78, 5) is 25.8. The second-order valence-electron chi connectivity index (χ2n) is 8.33. The van der Waals surface area contributed by atoms with Crippen LogP contribution in [0.4, 0.5) is 4.79 Å². The molecule has 0 unspecified atom stereocenters. The van der Waals surface area contributed by atoms with Gasteiger partial charge < -0.3 is 15.0 Å². The van der Waals surface area contributed by atoms with Gasteiger partial charge in [-0.25, -0.2) is 19.3 Å². The Balaban J connectivity index is 1.75. The number of amides is 1. The van der Waals surface area contributed by atoms with E-state index in [9.17, 15) is 9.90 Å². The Bertz CT molecular complexity index is 1320. The van der Waals surface area contributed by atoms with E-state index in [1.807, 2.05) is 10.7 Å². The molecule has 0 saturated heterocycles. The molecular weight excluding hydrogens is 380 g/mol. The van der Waals surface area contributed by atoms with Crippen molar-refractivity contribution in [2.24, 2.45) is 0 Å². The number of pyridine rings is 2. The van der Waals surface area contributed by atoms with Crippen molar-refractivity contribution < 1.29 is 9.90 Å². The highest BCUT2D eigenvalue weighted by Gasteiger charge is 2.25. The Morgan fingerprint density at radius 1 is 1.27 bits per heavy atom. The van der Waals surface area contributed by atoms with Crippen molar-refractivity contribution >= 4 is 22.8 Å². The molecule has 0 radical (unpaired) electrons. The summed E-state index contributed by atoms with van der Waals surface area (Å²) >= 11 is 0. The molecule has 1 aliphatic rings. The van der Waals surface area contributed by atoms with Gasteiger partial charge >= 0.3 is 6.09 Å². The second-order valence-corrected chi connectivity index (χ2v) is 8.33. The Morgan fingerprint density at radius 2 is 2.07 bits per heavy atom. The lowest BCUT2D eigenvalue weighted by Gasteiger charge is -2.25. The zero-order valence-corrected chi connectivity index (χ0v) is 17.5. The lowest BCUT2D eigenvalue weighted by molar-refractivity contribution is 0.139. The summed E-state index contributed by atoms with van der Waals surface area (Å²) in [5.74, 6) is 0.240. The number of hydrogen-bond acceptors (Lipinski definition) is 4. The summed E-state index contributed by atoms with van der Waals surface area (Å²) in [6.45, 7) is 9.33. The monoisotopic (exact) mass is 404 g/mol. The van der Waals surface area contributed by atoms with Crippen LogP contribution < -0.4 is 0 Å². The van der Waals surface area contributed by atoms with E-state index in [2.05, 4.69) is 48.8 Å². The lowest BCUT2D eigenvalue weighted by atomic mass is 9.95. The van der Waals surface area contributed by atoms with Crippen molar-refractivity contribution in [3.05, 3.63) is 46.5 Å². The number of carboxylic acid groups (broad SMARTS) is 1. The minimum absolute atomic E-state index is 0.240. The molecule has 8 heteroatoms. The highest BCUT2D eigenvalue weighted by molar-refractivity contribution is 5.90. The van der Waals surface area contributed by atoms with E-state index in [1.165, 1.54) is 4.90 Å². The summed E-state index contributed by atoms with van der Waals surface area (Å²) in [5.41, 5.74) is 10.3. The van der Waals surface area contributed by atoms with Crippen LogP contribution in [0.1, 0.15) is 47.7 Å². The molecule has 5 heterocycles. The summed E-state index contributed by atoms with van der Waals surface area (Å²) in [7, 11) is 0. The van der Waals surface area contributed by atoms with Gasteiger partial charge in [0, 0.05) is 23.9 Å². The average Bonchev–Trinajstić information content (AvgIpc) is 3.32. The Morgan fingerprint density at radius 3 is 2.80 bits per heavy atom. The van der Waals surface area contributed by atoms with Gasteiger partial charge in [0.15, 0.2) is 5.65 Å². The van der Waals surface area contributed by atoms with Crippen LogP contribution in [0.2, 0.25) is 0 Å². The topological polar surface area (TPSA) is 99.4 Å². The van der Waals surface area contributed by atoms with Crippen molar-refractivity contribution in [1.82, 2.24) is 29.5 Å². The van der Waals surface area contributed by atoms with Crippen molar-refractivity contribution in [2.45, 2.75) is 46.6 Å². The molecule has 0 atom stereocenters. The molecule has 0 aromatic carbocycles. The first-order chi connectivity index (χ1) is 14.3. The van der Waals surface area contributed by atoms with Gasteiger partial charge in [0.25, 0.3) is 0 Å². The number of H-pyrrole nitrogens is 1. The molecule has 1 amide bonds. The highest BCUT2D eigenvalue weighted by atomic mass is 16.4. The quantitative estimate of drug-likeness (QED) is 0.525. The van der Waals surface area contributed by atoms with E-state index in [-0.39, 0.29) is 5.92 Å². The molecule has 8 nitrogen and oxygen atoms in total. The second kappa shape index (κ2) is 6.55. The molecular formula is C22H24N6O2. The third-order valence-corrected chi connectivity index (χ3v) is 6.21. The molecule has 0 aliphatic carbocycles. The van der Waals surface area contributed by atoms with Crippen LogP contribution in [0.5, 0.6) is 0 Å². The fraction of sp³-hybridized carbons (Fsp3) is 0.364. The molecule has 0 saturated carbocycles. The largest absolute Gasteiger partial charge is 0.465 e. The third kappa shape index (κ3) is 2.67. The predicted octanol–water partition coefficient (Wildman–Crippen LogP) is 4.05. The first-order valence-electron chi connectivity index (χ1n) is 10.2. The van der Waals surface area contributed by atoms with E-state index in [0.717, 1.165) is 55.9 Å². The Kier molecular flexibility index (Phi) is 4.06. The lowest BCUT2D eigenvalue weighted by Crippen LogP contribution is -2.35. The molecule has 2 N–H and O–H groups in total. The molecule has 1 aliphatic heterocycles. The van der Waals surface area contributed by atoms with Gasteiger partial charge in [-0.1, -0.05) is 13.8 Å². The van der Waals surface area contributed by atoms with Crippen LogP contribution in [-0.4, -0.2) is 47.2 Å². The molecule has 4 aromatic rings. The number of nitrogens with one attached hydrogen (secondary N) is 1. The first kappa shape index (κ1) is 18.6. The number of nitrogens with zero attached hydrogens (tertiary/aromatic N) is 5. The van der Waals surface area contributed by atoms with E-state index >= 15 is 0 Å². The molecule has 0 fully saturated rings. The standard InChI is InChI=1S/C22H24N6O2/c1-11(2)18-19(15-8-28-21(23-10-24-28)13(4)12(15)3)25-16-7-14-5-6-27(22(29)30)9-17(14)26-20(16)18/h7-8,10-11,25H,5-6,9H2,1-4H3,(H,29,30). The van der Waals surface area contributed by atoms with Gasteiger partial charge in [-0.3, -0.25) is 0 Å². The normalized spacial score (nSPS) is 14.1. The molecule has 4 aromatic heterocycles. The third-order valence-electron chi connectivity index (χ3n) is 6.21. The molecule has 154 valence electrons. The zero-order valence-electron chi connectivity index (χ0n) is 17.5. The van der Waals surface area contributed by atoms with E-state index in [1.54, 1.807) is 6.33 Å². The molecule has 0 spiro atoms. The van der Waals surface area contributed by atoms with Crippen LogP contribution in [0.3, 0.4) is 0 Å². The summed E-state index contributed by atoms with van der Waals surface area (Å²) in [5, 5.41) is 13.7. The van der Waals surface area contributed by atoms with Gasteiger partial charge in [-0.05, 0) is 48.9 Å². The smallest absolute Gasteiger partial charge is 0.407 e. The minimum Gasteiger partial charge on any atom is -0.465 e. The first-order valence-corrected chi connectivity index (χ1v) is 10.2. The van der Waals surface area contributed by atoms with Gasteiger partial charge in [0.05, 0.1) is 29.0 Å². The van der Waals surface area contributed by atoms with Crippen LogP contribution >= 0.6 is 0 Å². The van der Waals surface area contributed by atoms with Gasteiger partial charge in [0.2, 0.25) is 0 Å². The van der Waals surface area contributed by atoms with Crippen molar-refractivity contribution in [3.63, 3.8) is 0 Å². The SMILES string of the molecule is Cc1c(-c2[nH]c3cc4c(nc3c2C(C)C)CN(C(=O)O)CC4)cn2ncnc2c1C. The van der Waals surface area contributed by atoms with Crippen LogP contribution in [-0.2, 0) is 13.0 Å². The number of carbonyl (C=O) groups is 1. The minimum atomic E-state index is -0.895. The predicted molar refractivity (Wildman–Crippen MR) is 114 cm³/mol. The molecule has 5 rings (SSSR count). The van der Waals surface area contributed by atoms with E-state index in [0.29, 0.717) is 19.5 Å². The summed E-state index contributed by atoms with van der Waals surface area (Å²) in [6.07, 6.45) is 3.38. The van der Waals surface area contributed by atoms with Crippen LogP contribution in [0.25, 0.3) is 27.9 Å². The zero-order chi connectivity index (χ0) is 21.2. The van der Waals surface area contributed by atoms with Crippen molar-refractivity contribution in [3.8, 4) is 11.3 Å². The Labute approximate surface area is 173 Å². The van der Waals surface area contributed by atoms with E-state index in [4.69, 9.17) is 4.98 Å². The van der Waals surface area contributed by atoms with Gasteiger partial charge in [-0.2, -0.15) is 5.10 Å². The van der Waals surface area contributed by atoms with Gasteiger partial charge in [0.1, 0.15) is 6.33 Å². The summed E-state index contributed by atoms with van der Waals surface area (Å²) < 4.78 is 1.82. The van der Waals surface area contributed by atoms with Crippen molar-refractivity contribution in [1.29, 1.82) is 0 Å². The fourth-order valence-corrected chi connectivity index (χ4v) is 4.47. The fourth-order valence-electron chi connectivity index (χ4n) is 4.47. The highest BCUT2D eigenvalue weighted by Crippen LogP contribution is 2.38. The van der Waals surface area contributed by atoms with Gasteiger partial charge in [-0.15, -0.1) is 0 Å². The number of hydrogen-bond donors (Lipinski definition) is 2. The van der Waals surface area contributed by atoms with Crippen LogP contribution in [0.15, 0.2) is 18.6 Å². The number of aromatic amines is 1. The average molecular weight is 404 g/mol. The maximum absolute atomic E-state index is 11.4. The maximum atomic E-state index is 11.4. The number of rotatable bonds is 2. The Hall–Kier alpha value is -3.42. The number of aromatic nitrogens is 5. The molecule has 30 heavy (non-hydrogen) atoms. The molecule has 0 bridgehead atoms. The van der Waals surface area contributed by atoms with E-state index < -0.39 is 6.09 Å². The number of aryl methyl sites for hydroxylation is 1. The number of fused-ring (bicyclic) bond motifs is 3. The summed E-state index contributed by atoms with van der Waals surface area (Å²) in [6, 6.07) is 2.14. The van der Waals surface area contributed by atoms with Crippen molar-refractivity contribution in [2.75, 3.05) is 6.54 Å². The van der Waals surface area contributed by atoms with Crippen LogP contribution in [0, 0.1) is 13.8 Å².